The van der Waals surface area contributed by atoms with Crippen molar-refractivity contribution in [2.45, 2.75) is 70.4 Å². The molecule has 2 heterocycles. The quantitative estimate of drug-likeness (QED) is 0.836. The summed E-state index contributed by atoms with van der Waals surface area (Å²) >= 11 is 0. The lowest BCUT2D eigenvalue weighted by Crippen LogP contribution is -2.39. The number of hydrogen-bond acceptors (Lipinski definition) is 3. The Bertz CT molecular complexity index is 544. The van der Waals surface area contributed by atoms with Gasteiger partial charge in [-0.15, -0.1) is 0 Å². The van der Waals surface area contributed by atoms with Crippen molar-refractivity contribution in [3.8, 4) is 0 Å². The summed E-state index contributed by atoms with van der Waals surface area (Å²) in [7, 11) is 0. The summed E-state index contributed by atoms with van der Waals surface area (Å²) in [6.07, 6.45) is 9.09. The van der Waals surface area contributed by atoms with Crippen LogP contribution in [0.15, 0.2) is 24.3 Å². The van der Waals surface area contributed by atoms with Gasteiger partial charge in [-0.1, -0.05) is 42.7 Å². The summed E-state index contributed by atoms with van der Waals surface area (Å²) in [4.78, 5) is 15.0. The van der Waals surface area contributed by atoms with Crippen molar-refractivity contribution < 1.29 is 9.53 Å². The summed E-state index contributed by atoms with van der Waals surface area (Å²) in [6, 6.07) is 9.07. The minimum Gasteiger partial charge on any atom is -0.378 e. The van der Waals surface area contributed by atoms with Gasteiger partial charge in [-0.05, 0) is 57.7 Å². The lowest BCUT2D eigenvalue weighted by Gasteiger charge is -2.31. The van der Waals surface area contributed by atoms with Crippen LogP contribution < -0.4 is 5.32 Å². The number of benzene rings is 1. The van der Waals surface area contributed by atoms with Gasteiger partial charge < -0.3 is 10.1 Å². The molecule has 4 nitrogen and oxygen atoms in total. The van der Waals surface area contributed by atoms with Gasteiger partial charge >= 0.3 is 0 Å². The Labute approximate surface area is 158 Å². The van der Waals surface area contributed by atoms with Crippen LogP contribution in [0.3, 0.4) is 0 Å². The number of carbonyl (C=O) groups excluding carboxylic acids is 1. The zero-order chi connectivity index (χ0) is 18.2. The van der Waals surface area contributed by atoms with Crippen LogP contribution in [0, 0.1) is 6.92 Å². The van der Waals surface area contributed by atoms with Gasteiger partial charge in [-0.3, -0.25) is 9.69 Å². The zero-order valence-electron chi connectivity index (χ0n) is 16.2. The molecule has 2 fully saturated rings. The number of ether oxygens (including phenoxy) is 1. The van der Waals surface area contributed by atoms with Crippen LogP contribution in [0.5, 0.6) is 0 Å². The molecule has 2 aliphatic heterocycles. The maximum atomic E-state index is 12.4. The molecule has 2 atom stereocenters. The van der Waals surface area contributed by atoms with E-state index in [1.807, 2.05) is 0 Å². The highest BCUT2D eigenvalue weighted by Gasteiger charge is 2.23. The van der Waals surface area contributed by atoms with Crippen molar-refractivity contribution in [3.63, 3.8) is 0 Å². The molecule has 1 N–H and O–H groups in total. The molecule has 1 amide bonds. The molecule has 0 saturated carbocycles. The standard InChI is InChI=1S/C22H34N2O2/c1-18-9-11-19(12-10-18)21(24-13-5-2-3-6-14-24)17-23-22(25)16-20-8-4-7-15-26-20/h9-12,20-21H,2-8,13-17H2,1H3,(H,23,25). The van der Waals surface area contributed by atoms with Gasteiger partial charge in [-0.25, -0.2) is 0 Å². The molecule has 0 aliphatic carbocycles. The molecule has 3 rings (SSSR count). The molecule has 0 radical (unpaired) electrons. The second-order valence-electron chi connectivity index (χ2n) is 7.87. The van der Waals surface area contributed by atoms with Crippen LogP contribution in [-0.2, 0) is 9.53 Å². The molecule has 2 saturated heterocycles. The Balaban J connectivity index is 1.60. The normalized spacial score (nSPS) is 23.2. The van der Waals surface area contributed by atoms with Crippen molar-refractivity contribution in [2.75, 3.05) is 26.2 Å². The summed E-state index contributed by atoms with van der Waals surface area (Å²) in [5.41, 5.74) is 2.59. The Hall–Kier alpha value is -1.39. The van der Waals surface area contributed by atoms with E-state index in [0.717, 1.165) is 32.5 Å². The van der Waals surface area contributed by atoms with E-state index in [1.54, 1.807) is 0 Å². The maximum absolute atomic E-state index is 12.4. The summed E-state index contributed by atoms with van der Waals surface area (Å²) < 4.78 is 5.71. The van der Waals surface area contributed by atoms with E-state index in [9.17, 15) is 4.79 Å². The highest BCUT2D eigenvalue weighted by atomic mass is 16.5. The molecule has 0 spiro atoms. The molecule has 2 unspecified atom stereocenters. The topological polar surface area (TPSA) is 41.6 Å². The number of rotatable bonds is 6. The third-order valence-corrected chi connectivity index (χ3v) is 5.72. The molecular formula is C22H34N2O2. The largest absolute Gasteiger partial charge is 0.378 e. The number of nitrogens with zero attached hydrogens (tertiary/aromatic N) is 1. The van der Waals surface area contributed by atoms with Crippen LogP contribution in [-0.4, -0.2) is 43.2 Å². The molecule has 26 heavy (non-hydrogen) atoms. The predicted molar refractivity (Wildman–Crippen MR) is 105 cm³/mol. The predicted octanol–water partition coefficient (Wildman–Crippen LogP) is 3.99. The third-order valence-electron chi connectivity index (χ3n) is 5.72. The third kappa shape index (κ3) is 5.82. The lowest BCUT2D eigenvalue weighted by atomic mass is 10.0. The Kier molecular flexibility index (Phi) is 7.51. The Morgan fingerprint density at radius 2 is 1.85 bits per heavy atom. The number of aryl methyl sites for hydroxylation is 1. The minimum atomic E-state index is 0.111. The number of carbonyl (C=O) groups is 1. The van der Waals surface area contributed by atoms with E-state index in [1.165, 1.54) is 43.2 Å². The number of nitrogens with one attached hydrogen (secondary N) is 1. The highest BCUT2D eigenvalue weighted by molar-refractivity contribution is 5.76. The average Bonchev–Trinajstić information content (AvgIpc) is 2.93. The van der Waals surface area contributed by atoms with Crippen molar-refractivity contribution in [1.82, 2.24) is 10.2 Å². The molecule has 0 bridgehead atoms. The molecule has 1 aromatic carbocycles. The van der Waals surface area contributed by atoms with Crippen LogP contribution in [0.1, 0.15) is 68.5 Å². The SMILES string of the molecule is Cc1ccc(C(CNC(=O)CC2CCCCO2)N2CCCCCC2)cc1. The van der Waals surface area contributed by atoms with Gasteiger partial charge in [0.15, 0.2) is 0 Å². The molecule has 0 aromatic heterocycles. The van der Waals surface area contributed by atoms with Gasteiger partial charge in [-0.2, -0.15) is 0 Å². The second-order valence-corrected chi connectivity index (χ2v) is 7.87. The summed E-state index contributed by atoms with van der Waals surface area (Å²) in [5.74, 6) is 0.129. The van der Waals surface area contributed by atoms with E-state index < -0.39 is 0 Å². The first-order valence-corrected chi connectivity index (χ1v) is 10.4. The van der Waals surface area contributed by atoms with Crippen LogP contribution in [0.25, 0.3) is 0 Å². The highest BCUT2D eigenvalue weighted by Crippen LogP contribution is 2.24. The molecule has 144 valence electrons. The van der Waals surface area contributed by atoms with Gasteiger partial charge in [0, 0.05) is 13.2 Å². The van der Waals surface area contributed by atoms with E-state index >= 15 is 0 Å². The number of hydrogen-bond donors (Lipinski definition) is 1. The van der Waals surface area contributed by atoms with Crippen molar-refractivity contribution in [2.24, 2.45) is 0 Å². The van der Waals surface area contributed by atoms with Crippen molar-refractivity contribution >= 4 is 5.91 Å². The van der Waals surface area contributed by atoms with E-state index in [0.29, 0.717) is 13.0 Å². The average molecular weight is 359 g/mol. The van der Waals surface area contributed by atoms with E-state index in [4.69, 9.17) is 4.74 Å². The second kappa shape index (κ2) is 10.1. The Morgan fingerprint density at radius 1 is 1.12 bits per heavy atom. The zero-order valence-corrected chi connectivity index (χ0v) is 16.2. The number of amides is 1. The first kappa shape index (κ1) is 19.4. The van der Waals surface area contributed by atoms with Crippen LogP contribution in [0.4, 0.5) is 0 Å². The molecule has 1 aromatic rings. The van der Waals surface area contributed by atoms with Gasteiger partial charge in [0.05, 0.1) is 18.6 Å². The lowest BCUT2D eigenvalue weighted by molar-refractivity contribution is -0.125. The van der Waals surface area contributed by atoms with E-state index in [2.05, 4.69) is 41.4 Å². The van der Waals surface area contributed by atoms with Gasteiger partial charge in [0.2, 0.25) is 5.91 Å². The van der Waals surface area contributed by atoms with E-state index in [-0.39, 0.29) is 18.1 Å². The summed E-state index contributed by atoms with van der Waals surface area (Å²) in [6.45, 7) is 5.86. The smallest absolute Gasteiger partial charge is 0.222 e. The molecule has 4 heteroatoms. The number of likely N-dealkylation sites (tertiary alicyclic amines) is 1. The Morgan fingerprint density at radius 3 is 2.50 bits per heavy atom. The van der Waals surface area contributed by atoms with Crippen LogP contribution in [0.2, 0.25) is 0 Å². The van der Waals surface area contributed by atoms with Crippen LogP contribution >= 0.6 is 0 Å². The molecule has 2 aliphatic rings. The van der Waals surface area contributed by atoms with Gasteiger partial charge in [0.25, 0.3) is 0 Å². The molecular weight excluding hydrogens is 324 g/mol. The maximum Gasteiger partial charge on any atom is 0.222 e. The summed E-state index contributed by atoms with van der Waals surface area (Å²) in [5, 5.41) is 3.20. The van der Waals surface area contributed by atoms with Crippen molar-refractivity contribution in [3.05, 3.63) is 35.4 Å². The first-order chi connectivity index (χ1) is 12.7. The van der Waals surface area contributed by atoms with Crippen molar-refractivity contribution in [1.29, 1.82) is 0 Å². The minimum absolute atomic E-state index is 0.111. The fraction of sp³-hybridized carbons (Fsp3) is 0.682. The first-order valence-electron chi connectivity index (χ1n) is 10.4. The fourth-order valence-electron chi connectivity index (χ4n) is 4.11. The fourth-order valence-corrected chi connectivity index (χ4v) is 4.11. The van der Waals surface area contributed by atoms with Gasteiger partial charge in [0.1, 0.15) is 0 Å². The monoisotopic (exact) mass is 358 g/mol.